The van der Waals surface area contributed by atoms with Crippen LogP contribution in [0.25, 0.3) is 0 Å². The van der Waals surface area contributed by atoms with Gasteiger partial charge in [0.15, 0.2) is 0 Å². The van der Waals surface area contributed by atoms with Crippen molar-refractivity contribution in [3.8, 4) is 0 Å². The summed E-state index contributed by atoms with van der Waals surface area (Å²) in [5, 5.41) is 3.49. The monoisotopic (exact) mass is 314 g/mol. The van der Waals surface area contributed by atoms with Gasteiger partial charge in [-0.2, -0.15) is 0 Å². The average molecular weight is 314 g/mol. The van der Waals surface area contributed by atoms with E-state index in [4.69, 9.17) is 4.42 Å². The number of rotatable bonds is 5. The Kier molecular flexibility index (Phi) is 5.41. The Balaban J connectivity index is 1.76. The maximum absolute atomic E-state index is 5.82. The van der Waals surface area contributed by atoms with Crippen molar-refractivity contribution >= 4 is 0 Å². The van der Waals surface area contributed by atoms with Crippen LogP contribution in [0.2, 0.25) is 0 Å². The van der Waals surface area contributed by atoms with Crippen molar-refractivity contribution in [3.63, 3.8) is 0 Å². The Hall–Kier alpha value is -1.72. The highest BCUT2D eigenvalue weighted by Gasteiger charge is 2.22. The topological polar surface area (TPSA) is 54.2 Å². The van der Waals surface area contributed by atoms with Crippen molar-refractivity contribution in [2.45, 2.75) is 52.2 Å². The zero-order valence-electron chi connectivity index (χ0n) is 14.1. The fraction of sp³-hybridized carbons (Fsp3) is 0.556. The Morgan fingerprint density at radius 3 is 2.87 bits per heavy atom. The van der Waals surface area contributed by atoms with Crippen molar-refractivity contribution < 1.29 is 4.42 Å². The van der Waals surface area contributed by atoms with E-state index >= 15 is 0 Å². The number of nitrogens with zero attached hydrogens (tertiary/aromatic N) is 3. The quantitative estimate of drug-likeness (QED) is 0.919. The van der Waals surface area contributed by atoms with Crippen molar-refractivity contribution in [2.24, 2.45) is 0 Å². The van der Waals surface area contributed by atoms with Crippen LogP contribution in [-0.2, 0) is 13.1 Å². The number of hydrogen-bond donors (Lipinski definition) is 1. The molecule has 3 heterocycles. The Morgan fingerprint density at radius 1 is 1.22 bits per heavy atom. The predicted molar refractivity (Wildman–Crippen MR) is 90.0 cm³/mol. The van der Waals surface area contributed by atoms with Crippen molar-refractivity contribution in [1.82, 2.24) is 20.2 Å². The standard InChI is InChI=1S/C18H26N4O/c1-14-15(2)23-18(21-14)13-22(12-16-6-3-4-10-20-16)17-7-5-9-19-11-8-17/h3-4,6,10,17,19H,5,7-9,11-13H2,1-2H3/t17-/m1/s1. The summed E-state index contributed by atoms with van der Waals surface area (Å²) in [5.74, 6) is 1.73. The highest BCUT2D eigenvalue weighted by molar-refractivity contribution is 5.07. The van der Waals surface area contributed by atoms with Gasteiger partial charge in [0, 0.05) is 18.8 Å². The Labute approximate surface area is 138 Å². The van der Waals surface area contributed by atoms with E-state index in [1.165, 1.54) is 12.8 Å². The Morgan fingerprint density at radius 2 is 2.13 bits per heavy atom. The lowest BCUT2D eigenvalue weighted by Crippen LogP contribution is -2.35. The number of oxazole rings is 1. The van der Waals surface area contributed by atoms with Crippen LogP contribution in [-0.4, -0.2) is 34.0 Å². The molecule has 2 aromatic heterocycles. The van der Waals surface area contributed by atoms with Crippen LogP contribution in [0.3, 0.4) is 0 Å². The second-order valence-electron chi connectivity index (χ2n) is 6.31. The molecular weight excluding hydrogens is 288 g/mol. The number of hydrogen-bond acceptors (Lipinski definition) is 5. The van der Waals surface area contributed by atoms with Gasteiger partial charge in [0.05, 0.1) is 17.9 Å². The smallest absolute Gasteiger partial charge is 0.208 e. The highest BCUT2D eigenvalue weighted by Crippen LogP contribution is 2.20. The fourth-order valence-electron chi connectivity index (χ4n) is 3.16. The van der Waals surface area contributed by atoms with Crippen LogP contribution >= 0.6 is 0 Å². The molecule has 3 rings (SSSR count). The van der Waals surface area contributed by atoms with Crippen molar-refractivity contribution in [1.29, 1.82) is 0 Å². The van der Waals surface area contributed by atoms with Gasteiger partial charge in [-0.3, -0.25) is 9.88 Å². The molecule has 0 bridgehead atoms. The van der Waals surface area contributed by atoms with E-state index in [1.54, 1.807) is 0 Å². The van der Waals surface area contributed by atoms with Gasteiger partial charge in [-0.05, 0) is 58.3 Å². The fourth-order valence-corrected chi connectivity index (χ4v) is 3.16. The first-order chi connectivity index (χ1) is 11.2. The molecule has 1 fully saturated rings. The molecule has 0 aliphatic carbocycles. The lowest BCUT2D eigenvalue weighted by molar-refractivity contribution is 0.147. The summed E-state index contributed by atoms with van der Waals surface area (Å²) < 4.78 is 5.82. The van der Waals surface area contributed by atoms with E-state index < -0.39 is 0 Å². The summed E-state index contributed by atoms with van der Waals surface area (Å²) in [6.07, 6.45) is 5.44. The minimum absolute atomic E-state index is 0.541. The predicted octanol–water partition coefficient (Wildman–Crippen LogP) is 2.83. The maximum Gasteiger partial charge on any atom is 0.208 e. The number of aryl methyl sites for hydroxylation is 2. The van der Waals surface area contributed by atoms with Gasteiger partial charge in [0.1, 0.15) is 5.76 Å². The number of pyridine rings is 1. The third-order valence-corrected chi connectivity index (χ3v) is 4.56. The molecule has 5 nitrogen and oxygen atoms in total. The Bertz CT molecular complexity index is 583. The van der Waals surface area contributed by atoms with E-state index in [9.17, 15) is 0 Å². The van der Waals surface area contributed by atoms with Crippen LogP contribution in [0, 0.1) is 13.8 Å². The summed E-state index contributed by atoms with van der Waals surface area (Å²) in [6, 6.07) is 6.65. The molecule has 1 aliphatic heterocycles. The first-order valence-electron chi connectivity index (χ1n) is 8.50. The van der Waals surface area contributed by atoms with Crippen LogP contribution < -0.4 is 5.32 Å². The molecule has 1 aliphatic rings. The summed E-state index contributed by atoms with van der Waals surface area (Å²) in [6.45, 7) is 7.76. The van der Waals surface area contributed by atoms with E-state index in [2.05, 4.69) is 32.3 Å². The summed E-state index contributed by atoms with van der Waals surface area (Å²) in [5.41, 5.74) is 2.09. The van der Waals surface area contributed by atoms with E-state index in [1.807, 2.05) is 26.1 Å². The molecule has 0 aromatic carbocycles. The van der Waals surface area contributed by atoms with Crippen molar-refractivity contribution in [2.75, 3.05) is 13.1 Å². The number of aromatic nitrogens is 2. The zero-order valence-corrected chi connectivity index (χ0v) is 14.1. The molecule has 0 radical (unpaired) electrons. The molecule has 23 heavy (non-hydrogen) atoms. The van der Waals surface area contributed by atoms with Crippen LogP contribution in [0.1, 0.15) is 42.3 Å². The van der Waals surface area contributed by atoms with E-state index in [0.29, 0.717) is 6.04 Å². The van der Waals surface area contributed by atoms with E-state index in [0.717, 1.165) is 55.6 Å². The SMILES string of the molecule is Cc1nc(CN(Cc2ccccn2)[C@@H]2CCCNCC2)oc1C. The molecular formula is C18H26N4O. The van der Waals surface area contributed by atoms with Crippen LogP contribution in [0.4, 0.5) is 0 Å². The maximum atomic E-state index is 5.82. The third kappa shape index (κ3) is 4.39. The van der Waals surface area contributed by atoms with Gasteiger partial charge in [0.2, 0.25) is 5.89 Å². The first kappa shape index (κ1) is 16.1. The second kappa shape index (κ2) is 7.70. The molecule has 0 spiro atoms. The molecule has 1 atom stereocenters. The van der Waals surface area contributed by atoms with Crippen molar-refractivity contribution in [3.05, 3.63) is 47.4 Å². The van der Waals surface area contributed by atoms with E-state index in [-0.39, 0.29) is 0 Å². The van der Waals surface area contributed by atoms with Gasteiger partial charge in [-0.15, -0.1) is 0 Å². The van der Waals surface area contributed by atoms with Crippen LogP contribution in [0.5, 0.6) is 0 Å². The van der Waals surface area contributed by atoms with Gasteiger partial charge < -0.3 is 9.73 Å². The first-order valence-corrected chi connectivity index (χ1v) is 8.50. The zero-order chi connectivity index (χ0) is 16.1. The van der Waals surface area contributed by atoms with Gasteiger partial charge in [-0.1, -0.05) is 6.07 Å². The van der Waals surface area contributed by atoms with Crippen LogP contribution in [0.15, 0.2) is 28.8 Å². The molecule has 124 valence electrons. The minimum atomic E-state index is 0.541. The molecule has 0 unspecified atom stereocenters. The molecule has 5 heteroatoms. The lowest BCUT2D eigenvalue weighted by atomic mass is 10.1. The average Bonchev–Trinajstić information content (AvgIpc) is 2.76. The summed E-state index contributed by atoms with van der Waals surface area (Å²) in [4.78, 5) is 11.5. The third-order valence-electron chi connectivity index (χ3n) is 4.56. The molecule has 0 amide bonds. The normalized spacial score (nSPS) is 19.0. The van der Waals surface area contributed by atoms with Gasteiger partial charge in [-0.25, -0.2) is 4.98 Å². The summed E-state index contributed by atoms with van der Waals surface area (Å²) >= 11 is 0. The molecule has 1 saturated heterocycles. The molecule has 0 saturated carbocycles. The lowest BCUT2D eigenvalue weighted by Gasteiger charge is -2.29. The molecule has 2 aromatic rings. The number of nitrogens with one attached hydrogen (secondary N) is 1. The second-order valence-corrected chi connectivity index (χ2v) is 6.31. The van der Waals surface area contributed by atoms with Gasteiger partial charge >= 0.3 is 0 Å². The molecule has 1 N–H and O–H groups in total. The minimum Gasteiger partial charge on any atom is -0.444 e. The largest absolute Gasteiger partial charge is 0.444 e. The highest BCUT2D eigenvalue weighted by atomic mass is 16.4. The van der Waals surface area contributed by atoms with Gasteiger partial charge in [0.25, 0.3) is 0 Å². The summed E-state index contributed by atoms with van der Waals surface area (Å²) in [7, 11) is 0.